The van der Waals surface area contributed by atoms with Crippen LogP contribution in [0, 0.1) is 12.8 Å². The number of aryl methyl sites for hydroxylation is 1. The average Bonchev–Trinajstić information content (AvgIpc) is 2.67. The van der Waals surface area contributed by atoms with Crippen LogP contribution in [0.1, 0.15) is 34.0 Å². The zero-order valence-corrected chi connectivity index (χ0v) is 15.5. The van der Waals surface area contributed by atoms with E-state index in [4.69, 9.17) is 0 Å². The summed E-state index contributed by atoms with van der Waals surface area (Å²) in [4.78, 5) is 29.6. The fourth-order valence-electron chi connectivity index (χ4n) is 4.09. The van der Waals surface area contributed by atoms with E-state index in [-0.39, 0.29) is 17.0 Å². The summed E-state index contributed by atoms with van der Waals surface area (Å²) in [7, 11) is 0. The Morgan fingerprint density at radius 1 is 1.30 bits per heavy atom. The van der Waals surface area contributed by atoms with E-state index in [1.165, 1.54) is 0 Å². The number of piperidine rings is 1. The molecular weight excluding hydrogens is 342 g/mol. The van der Waals surface area contributed by atoms with Gasteiger partial charge in [0, 0.05) is 44.0 Å². The smallest absolute Gasteiger partial charge is 0.263 e. The van der Waals surface area contributed by atoms with E-state index in [1.807, 2.05) is 29.7 Å². The standard InChI is InChI=1S/C20H25N5O2/c1-13-3-2-6-22-18(13)23-7-8-24-19(26)16-4-5-17-15-9-14(10-21-11-15)12-25(17)20(16)27/h2-6,14-15,21H,7-12H2,1H3,(H,22,23)(H,24,26)/t14-,15+/m0/s1. The second-order valence-electron chi connectivity index (χ2n) is 7.40. The Bertz CT molecular complexity index is 907. The van der Waals surface area contributed by atoms with Crippen LogP contribution in [0.3, 0.4) is 0 Å². The first-order valence-electron chi connectivity index (χ1n) is 9.51. The van der Waals surface area contributed by atoms with Crippen LogP contribution >= 0.6 is 0 Å². The van der Waals surface area contributed by atoms with Crippen LogP contribution in [-0.4, -0.2) is 41.6 Å². The van der Waals surface area contributed by atoms with Crippen LogP contribution in [0.4, 0.5) is 5.82 Å². The van der Waals surface area contributed by atoms with Crippen molar-refractivity contribution in [2.75, 3.05) is 31.5 Å². The minimum atomic E-state index is -0.316. The van der Waals surface area contributed by atoms with Crippen molar-refractivity contribution in [2.24, 2.45) is 5.92 Å². The zero-order valence-electron chi connectivity index (χ0n) is 15.5. The minimum Gasteiger partial charge on any atom is -0.368 e. The van der Waals surface area contributed by atoms with E-state index >= 15 is 0 Å². The van der Waals surface area contributed by atoms with Gasteiger partial charge in [0.25, 0.3) is 11.5 Å². The highest BCUT2D eigenvalue weighted by Crippen LogP contribution is 2.31. The topological polar surface area (TPSA) is 88.1 Å². The molecule has 1 fully saturated rings. The lowest BCUT2D eigenvalue weighted by Crippen LogP contribution is -2.46. The Labute approximate surface area is 158 Å². The molecule has 7 heteroatoms. The summed E-state index contributed by atoms with van der Waals surface area (Å²) in [6, 6.07) is 7.48. The lowest BCUT2D eigenvalue weighted by molar-refractivity contribution is 0.0952. The summed E-state index contributed by atoms with van der Waals surface area (Å²) in [5.41, 5.74) is 2.15. The van der Waals surface area contributed by atoms with Crippen molar-refractivity contribution in [3.63, 3.8) is 0 Å². The number of pyridine rings is 2. The molecule has 2 aromatic rings. The molecule has 142 valence electrons. The SMILES string of the molecule is Cc1cccnc1NCCNC(=O)c1ccc2n(c1=O)C[C@@H]1CNC[C@H]2C1. The second kappa shape index (κ2) is 7.52. The molecule has 4 heterocycles. The molecule has 1 saturated heterocycles. The van der Waals surface area contributed by atoms with Gasteiger partial charge in [-0.05, 0) is 49.6 Å². The third kappa shape index (κ3) is 3.60. The van der Waals surface area contributed by atoms with Crippen molar-refractivity contribution >= 4 is 11.7 Å². The largest absolute Gasteiger partial charge is 0.368 e. The molecule has 0 saturated carbocycles. The van der Waals surface area contributed by atoms with E-state index < -0.39 is 0 Å². The zero-order chi connectivity index (χ0) is 18.8. The number of nitrogens with one attached hydrogen (secondary N) is 3. The van der Waals surface area contributed by atoms with E-state index in [9.17, 15) is 9.59 Å². The molecule has 0 aliphatic carbocycles. The number of nitrogens with zero attached hydrogens (tertiary/aromatic N) is 2. The third-order valence-corrected chi connectivity index (χ3v) is 5.47. The van der Waals surface area contributed by atoms with Gasteiger partial charge < -0.3 is 20.5 Å². The van der Waals surface area contributed by atoms with Gasteiger partial charge in [-0.25, -0.2) is 4.98 Å². The van der Waals surface area contributed by atoms with Crippen LogP contribution < -0.4 is 21.5 Å². The van der Waals surface area contributed by atoms with Gasteiger partial charge in [-0.15, -0.1) is 0 Å². The van der Waals surface area contributed by atoms with Gasteiger partial charge in [0.15, 0.2) is 0 Å². The third-order valence-electron chi connectivity index (χ3n) is 5.47. The van der Waals surface area contributed by atoms with Crippen molar-refractivity contribution in [1.82, 2.24) is 20.2 Å². The summed E-state index contributed by atoms with van der Waals surface area (Å²) >= 11 is 0. The van der Waals surface area contributed by atoms with Crippen LogP contribution in [0.2, 0.25) is 0 Å². The number of aromatic nitrogens is 2. The number of fused-ring (bicyclic) bond motifs is 4. The van der Waals surface area contributed by atoms with Gasteiger partial charge in [0.05, 0.1) is 0 Å². The van der Waals surface area contributed by atoms with Crippen molar-refractivity contribution in [3.8, 4) is 0 Å². The highest BCUT2D eigenvalue weighted by Gasteiger charge is 2.31. The number of rotatable bonds is 5. The normalized spacial score (nSPS) is 20.6. The maximum Gasteiger partial charge on any atom is 0.263 e. The summed E-state index contributed by atoms with van der Waals surface area (Å²) in [5.74, 6) is 1.33. The van der Waals surface area contributed by atoms with E-state index in [0.717, 1.165) is 36.6 Å². The predicted octanol–water partition coefficient (Wildman–Crippen LogP) is 1.10. The van der Waals surface area contributed by atoms with Gasteiger partial charge in [0.1, 0.15) is 11.4 Å². The molecule has 4 rings (SSSR count). The molecule has 2 aliphatic rings. The highest BCUT2D eigenvalue weighted by molar-refractivity contribution is 5.93. The molecule has 2 aromatic heterocycles. The lowest BCUT2D eigenvalue weighted by Gasteiger charge is -2.37. The fourth-order valence-corrected chi connectivity index (χ4v) is 4.09. The molecule has 1 amide bonds. The Morgan fingerprint density at radius 2 is 2.19 bits per heavy atom. The Morgan fingerprint density at radius 3 is 3.04 bits per heavy atom. The van der Waals surface area contributed by atoms with Gasteiger partial charge >= 0.3 is 0 Å². The van der Waals surface area contributed by atoms with Crippen LogP contribution in [0.5, 0.6) is 0 Å². The molecule has 3 N–H and O–H groups in total. The molecule has 27 heavy (non-hydrogen) atoms. The first kappa shape index (κ1) is 17.7. The van der Waals surface area contributed by atoms with Crippen molar-refractivity contribution < 1.29 is 4.79 Å². The summed E-state index contributed by atoms with van der Waals surface area (Å²) < 4.78 is 1.81. The van der Waals surface area contributed by atoms with Crippen LogP contribution in [0.15, 0.2) is 35.3 Å². The van der Waals surface area contributed by atoms with E-state index in [0.29, 0.717) is 31.5 Å². The molecule has 0 aromatic carbocycles. The van der Waals surface area contributed by atoms with Gasteiger partial charge in [-0.3, -0.25) is 9.59 Å². The van der Waals surface area contributed by atoms with Crippen LogP contribution in [0.25, 0.3) is 0 Å². The summed E-state index contributed by atoms with van der Waals surface area (Å²) in [6.45, 7) is 5.49. The van der Waals surface area contributed by atoms with Crippen LogP contribution in [-0.2, 0) is 6.54 Å². The average molecular weight is 367 g/mol. The van der Waals surface area contributed by atoms with E-state index in [2.05, 4.69) is 20.9 Å². The molecule has 0 radical (unpaired) electrons. The molecule has 0 unspecified atom stereocenters. The van der Waals surface area contributed by atoms with Gasteiger partial charge in [0.2, 0.25) is 0 Å². The maximum atomic E-state index is 12.8. The van der Waals surface area contributed by atoms with E-state index in [1.54, 1.807) is 12.3 Å². The summed E-state index contributed by atoms with van der Waals surface area (Å²) in [5, 5.41) is 9.46. The molecule has 2 bridgehead atoms. The minimum absolute atomic E-state index is 0.171. The molecular formula is C20H25N5O2. The number of anilines is 1. The predicted molar refractivity (Wildman–Crippen MR) is 104 cm³/mol. The number of hydrogen-bond donors (Lipinski definition) is 3. The fraction of sp³-hybridized carbons (Fsp3) is 0.450. The number of carbonyl (C=O) groups excluding carboxylic acids is 1. The molecule has 7 nitrogen and oxygen atoms in total. The Kier molecular flexibility index (Phi) is 4.94. The second-order valence-corrected chi connectivity index (χ2v) is 7.40. The molecule has 2 atom stereocenters. The Balaban J connectivity index is 1.40. The van der Waals surface area contributed by atoms with Crippen molar-refractivity contribution in [2.45, 2.75) is 25.8 Å². The summed E-state index contributed by atoms with van der Waals surface area (Å²) in [6.07, 6.45) is 2.85. The van der Waals surface area contributed by atoms with Gasteiger partial charge in [-0.1, -0.05) is 6.07 Å². The number of carbonyl (C=O) groups is 1. The number of amides is 1. The van der Waals surface area contributed by atoms with Gasteiger partial charge in [-0.2, -0.15) is 0 Å². The number of hydrogen-bond acceptors (Lipinski definition) is 5. The Hall–Kier alpha value is -2.67. The highest BCUT2D eigenvalue weighted by atomic mass is 16.2. The van der Waals surface area contributed by atoms with Crippen molar-refractivity contribution in [1.29, 1.82) is 0 Å². The quantitative estimate of drug-likeness (QED) is 0.689. The maximum absolute atomic E-state index is 12.8. The van der Waals surface area contributed by atoms with Crippen molar-refractivity contribution in [3.05, 3.63) is 57.6 Å². The monoisotopic (exact) mass is 367 g/mol. The first-order valence-corrected chi connectivity index (χ1v) is 9.51. The first-order chi connectivity index (χ1) is 13.1. The lowest BCUT2D eigenvalue weighted by atomic mass is 9.84. The molecule has 0 spiro atoms. The molecule has 2 aliphatic heterocycles.